The van der Waals surface area contributed by atoms with Gasteiger partial charge in [-0.3, -0.25) is 10.1 Å². The second-order valence-electron chi connectivity index (χ2n) is 6.27. The first-order valence-corrected chi connectivity index (χ1v) is 9.62. The number of nitrogens with one attached hydrogen (secondary N) is 2. The van der Waals surface area contributed by atoms with Gasteiger partial charge in [-0.1, -0.05) is 0 Å². The normalized spacial score (nSPS) is 16.6. The summed E-state index contributed by atoms with van der Waals surface area (Å²) < 4.78 is 26.9. The number of nitro benzene ring substituents is 1. The molecule has 1 saturated heterocycles. The van der Waals surface area contributed by atoms with Gasteiger partial charge < -0.3 is 9.80 Å². The van der Waals surface area contributed by atoms with Gasteiger partial charge in [-0.2, -0.15) is 0 Å². The fourth-order valence-electron chi connectivity index (χ4n) is 2.88. The lowest BCUT2D eigenvalue weighted by atomic mass is 10.2. The Morgan fingerprint density at radius 3 is 2.46 bits per heavy atom. The molecule has 134 valence electrons. The number of likely N-dealkylation sites (N-methyl/N-ethyl adjacent to an activating group) is 1. The number of hydrogen-bond acceptors (Lipinski definition) is 5. The highest BCUT2D eigenvalue weighted by atomic mass is 32.2. The highest BCUT2D eigenvalue weighted by molar-refractivity contribution is 7.89. The van der Waals surface area contributed by atoms with E-state index in [1.165, 1.54) is 11.0 Å². The number of quaternary nitrogens is 1. The van der Waals surface area contributed by atoms with Gasteiger partial charge >= 0.3 is 0 Å². The lowest BCUT2D eigenvalue weighted by Crippen LogP contribution is -3.14. The lowest BCUT2D eigenvalue weighted by molar-refractivity contribution is -0.898. The molecule has 0 amide bonds. The highest BCUT2D eigenvalue weighted by Crippen LogP contribution is 2.30. The van der Waals surface area contributed by atoms with Crippen molar-refractivity contribution in [1.29, 1.82) is 0 Å². The third-order valence-electron chi connectivity index (χ3n) is 4.16. The van der Waals surface area contributed by atoms with Crippen molar-refractivity contribution in [3.8, 4) is 0 Å². The molecule has 1 heterocycles. The zero-order valence-corrected chi connectivity index (χ0v) is 15.1. The van der Waals surface area contributed by atoms with Crippen LogP contribution in [0, 0.1) is 10.1 Å². The first kappa shape index (κ1) is 18.6. The fourth-order valence-corrected chi connectivity index (χ4v) is 4.15. The van der Waals surface area contributed by atoms with E-state index in [1.54, 1.807) is 19.9 Å². The number of nitro groups is 1. The van der Waals surface area contributed by atoms with Crippen molar-refractivity contribution in [2.45, 2.75) is 31.7 Å². The third-order valence-corrected chi connectivity index (χ3v) is 5.81. The standard InChI is InChI=1S/C15H24N4O4S/c1-4-17-7-9-18(10-8-17)14-6-5-13(11-15(14)19(20)21)24(22,23)16-12(2)3/h5-6,11-12,16H,4,7-10H2,1-3H3/p+1. The van der Waals surface area contributed by atoms with Gasteiger partial charge in [-0.25, -0.2) is 13.1 Å². The van der Waals surface area contributed by atoms with Crippen LogP contribution < -0.4 is 14.5 Å². The number of benzene rings is 1. The molecule has 0 radical (unpaired) electrons. The van der Waals surface area contributed by atoms with Crippen molar-refractivity contribution >= 4 is 21.4 Å². The minimum absolute atomic E-state index is 0.0792. The highest BCUT2D eigenvalue weighted by Gasteiger charge is 2.27. The van der Waals surface area contributed by atoms with E-state index in [-0.39, 0.29) is 16.6 Å². The van der Waals surface area contributed by atoms with Crippen molar-refractivity contribution in [3.63, 3.8) is 0 Å². The molecule has 8 nitrogen and oxygen atoms in total. The van der Waals surface area contributed by atoms with Crippen LogP contribution in [0.25, 0.3) is 0 Å². The van der Waals surface area contributed by atoms with E-state index in [2.05, 4.69) is 11.6 Å². The van der Waals surface area contributed by atoms with Crippen LogP contribution in [0.3, 0.4) is 0 Å². The summed E-state index contributed by atoms with van der Waals surface area (Å²) in [6, 6.07) is 3.86. The van der Waals surface area contributed by atoms with E-state index in [9.17, 15) is 18.5 Å². The summed E-state index contributed by atoms with van der Waals surface area (Å²) in [4.78, 5) is 14.3. The molecule has 1 aromatic rings. The minimum Gasteiger partial charge on any atom is -0.355 e. The molecule has 1 aliphatic heterocycles. The van der Waals surface area contributed by atoms with Crippen LogP contribution in [0.1, 0.15) is 20.8 Å². The van der Waals surface area contributed by atoms with Crippen LogP contribution in [0.15, 0.2) is 23.1 Å². The van der Waals surface area contributed by atoms with E-state index < -0.39 is 14.9 Å². The zero-order valence-electron chi connectivity index (χ0n) is 14.3. The van der Waals surface area contributed by atoms with E-state index in [0.29, 0.717) is 5.69 Å². The Morgan fingerprint density at radius 1 is 1.33 bits per heavy atom. The first-order chi connectivity index (χ1) is 11.2. The minimum atomic E-state index is -3.75. The number of piperazine rings is 1. The molecule has 1 fully saturated rings. The zero-order chi connectivity index (χ0) is 17.9. The van der Waals surface area contributed by atoms with Gasteiger partial charge in [0, 0.05) is 12.1 Å². The molecule has 2 N–H and O–H groups in total. The van der Waals surface area contributed by atoms with Crippen LogP contribution in [0.2, 0.25) is 0 Å². The molecule has 0 aliphatic carbocycles. The Kier molecular flexibility index (Phi) is 5.79. The summed E-state index contributed by atoms with van der Waals surface area (Å²) in [5.41, 5.74) is 0.320. The number of anilines is 1. The summed E-state index contributed by atoms with van der Waals surface area (Å²) >= 11 is 0. The molecule has 2 rings (SSSR count). The van der Waals surface area contributed by atoms with Crippen molar-refractivity contribution in [3.05, 3.63) is 28.3 Å². The van der Waals surface area contributed by atoms with Crippen molar-refractivity contribution < 1.29 is 18.2 Å². The molecule has 1 aromatic carbocycles. The van der Waals surface area contributed by atoms with Gasteiger partial charge in [0.2, 0.25) is 10.0 Å². The summed E-state index contributed by atoms with van der Waals surface area (Å²) in [7, 11) is -3.75. The molecular formula is C15H25N4O4S+. The second-order valence-corrected chi connectivity index (χ2v) is 7.99. The molecule has 0 unspecified atom stereocenters. The number of hydrogen-bond donors (Lipinski definition) is 2. The molecule has 24 heavy (non-hydrogen) atoms. The second kappa shape index (κ2) is 7.45. The topological polar surface area (TPSA) is 97.0 Å². The average Bonchev–Trinajstić information content (AvgIpc) is 2.53. The van der Waals surface area contributed by atoms with Crippen LogP contribution in [-0.4, -0.2) is 52.1 Å². The quantitative estimate of drug-likeness (QED) is 0.552. The van der Waals surface area contributed by atoms with Crippen molar-refractivity contribution in [2.75, 3.05) is 37.6 Å². The van der Waals surface area contributed by atoms with E-state index in [1.807, 2.05) is 4.90 Å². The Bertz CT molecular complexity index is 697. The number of rotatable bonds is 6. The largest absolute Gasteiger partial charge is 0.355 e. The third kappa shape index (κ3) is 4.22. The molecule has 1 aliphatic rings. The van der Waals surface area contributed by atoms with E-state index in [4.69, 9.17) is 0 Å². The molecule has 0 aromatic heterocycles. The Balaban J connectivity index is 2.33. The predicted molar refractivity (Wildman–Crippen MR) is 92.0 cm³/mol. The van der Waals surface area contributed by atoms with Crippen LogP contribution in [0.5, 0.6) is 0 Å². The smallest absolute Gasteiger partial charge is 0.293 e. The summed E-state index contributed by atoms with van der Waals surface area (Å²) in [6.45, 7) is 9.85. The molecule has 0 atom stereocenters. The average molecular weight is 357 g/mol. The molecule has 0 saturated carbocycles. The maximum Gasteiger partial charge on any atom is 0.293 e. The first-order valence-electron chi connectivity index (χ1n) is 8.14. The Labute approximate surface area is 142 Å². The van der Waals surface area contributed by atoms with Crippen LogP contribution in [-0.2, 0) is 10.0 Å². The molecule has 0 bridgehead atoms. The maximum atomic E-state index is 12.2. The predicted octanol–water partition coefficient (Wildman–Crippen LogP) is 0.00630. The van der Waals surface area contributed by atoms with Crippen LogP contribution in [0.4, 0.5) is 11.4 Å². The number of nitrogens with zero attached hydrogens (tertiary/aromatic N) is 2. The van der Waals surface area contributed by atoms with Gasteiger partial charge in [0.05, 0.1) is 42.5 Å². The van der Waals surface area contributed by atoms with E-state index >= 15 is 0 Å². The van der Waals surface area contributed by atoms with E-state index in [0.717, 1.165) is 38.8 Å². The number of sulfonamides is 1. The summed E-state index contributed by atoms with van der Waals surface area (Å²) in [5.74, 6) is 0. The van der Waals surface area contributed by atoms with Gasteiger partial charge in [0.1, 0.15) is 5.69 Å². The van der Waals surface area contributed by atoms with Gasteiger partial charge in [0.25, 0.3) is 5.69 Å². The van der Waals surface area contributed by atoms with Crippen molar-refractivity contribution in [1.82, 2.24) is 4.72 Å². The van der Waals surface area contributed by atoms with Gasteiger partial charge in [0.15, 0.2) is 0 Å². The maximum absolute atomic E-state index is 12.2. The lowest BCUT2D eigenvalue weighted by Gasteiger charge is -2.32. The fraction of sp³-hybridized carbons (Fsp3) is 0.600. The van der Waals surface area contributed by atoms with Crippen molar-refractivity contribution in [2.24, 2.45) is 0 Å². The Morgan fingerprint density at radius 2 is 1.96 bits per heavy atom. The SMILES string of the molecule is CC[NH+]1CCN(c2ccc(S(=O)(=O)NC(C)C)cc2[N+](=O)[O-])CC1. The van der Waals surface area contributed by atoms with Gasteiger partial charge in [-0.15, -0.1) is 0 Å². The Hall–Kier alpha value is -1.71. The molecule has 9 heteroatoms. The van der Waals surface area contributed by atoms with Crippen LogP contribution >= 0.6 is 0 Å². The molecular weight excluding hydrogens is 332 g/mol. The summed E-state index contributed by atoms with van der Waals surface area (Å²) in [5, 5.41) is 11.4. The monoisotopic (exact) mass is 357 g/mol. The van der Waals surface area contributed by atoms with Gasteiger partial charge in [-0.05, 0) is 32.9 Å². The summed E-state index contributed by atoms with van der Waals surface area (Å²) in [6.07, 6.45) is 0. The molecule has 0 spiro atoms.